The van der Waals surface area contributed by atoms with Crippen LogP contribution in [0.25, 0.3) is 0 Å². The van der Waals surface area contributed by atoms with E-state index < -0.39 is 11.7 Å². The molecule has 31 heavy (non-hydrogen) atoms. The van der Waals surface area contributed by atoms with Gasteiger partial charge in [-0.2, -0.15) is 0 Å². The third-order valence-electron chi connectivity index (χ3n) is 10.3. The van der Waals surface area contributed by atoms with Gasteiger partial charge in [0.2, 0.25) is 0 Å². The molecule has 3 fully saturated rings. The Morgan fingerprint density at radius 1 is 1.19 bits per heavy atom. The van der Waals surface area contributed by atoms with Crippen LogP contribution in [0.5, 0.6) is 0 Å². The molecule has 0 aromatic heterocycles. The molecule has 176 valence electrons. The molecule has 4 aliphatic carbocycles. The van der Waals surface area contributed by atoms with Crippen LogP contribution in [0.3, 0.4) is 0 Å². The molecule has 0 amide bonds. The number of aliphatic hydroxyl groups is 3. The number of ketones is 1. The van der Waals surface area contributed by atoms with E-state index in [9.17, 15) is 20.1 Å². The first kappa shape index (κ1) is 23.4. The Hall–Kier alpha value is -0.710. The first-order chi connectivity index (χ1) is 14.4. The third kappa shape index (κ3) is 3.85. The fourth-order valence-corrected chi connectivity index (χ4v) is 8.52. The molecule has 0 heterocycles. The number of carbonyl (C=O) groups excluding carboxylic acids is 1. The molecule has 0 aliphatic heterocycles. The van der Waals surface area contributed by atoms with Crippen LogP contribution >= 0.6 is 0 Å². The predicted molar refractivity (Wildman–Crippen MR) is 122 cm³/mol. The summed E-state index contributed by atoms with van der Waals surface area (Å²) in [5, 5.41) is 32.9. The molecule has 4 nitrogen and oxygen atoms in total. The molecular formula is C27H44O4. The van der Waals surface area contributed by atoms with Gasteiger partial charge in [0.15, 0.2) is 5.78 Å². The third-order valence-corrected chi connectivity index (χ3v) is 10.3. The van der Waals surface area contributed by atoms with Crippen molar-refractivity contribution in [1.29, 1.82) is 0 Å². The van der Waals surface area contributed by atoms with Crippen molar-refractivity contribution in [1.82, 2.24) is 0 Å². The van der Waals surface area contributed by atoms with Gasteiger partial charge in [0.25, 0.3) is 0 Å². The van der Waals surface area contributed by atoms with E-state index >= 15 is 0 Å². The normalized spacial score (nSPS) is 46.1. The van der Waals surface area contributed by atoms with Crippen molar-refractivity contribution in [3.63, 3.8) is 0 Å². The van der Waals surface area contributed by atoms with E-state index in [2.05, 4.69) is 20.8 Å². The van der Waals surface area contributed by atoms with Crippen LogP contribution in [-0.4, -0.2) is 38.9 Å². The molecular weight excluding hydrogens is 388 g/mol. The first-order valence-corrected chi connectivity index (χ1v) is 12.7. The van der Waals surface area contributed by atoms with E-state index in [1.165, 1.54) is 0 Å². The summed E-state index contributed by atoms with van der Waals surface area (Å²) in [6, 6.07) is 0. The Labute approximate surface area is 188 Å². The maximum Gasteiger partial charge on any atom is 0.155 e. The minimum Gasteiger partial charge on any atom is -0.393 e. The quantitative estimate of drug-likeness (QED) is 0.591. The molecule has 0 radical (unpaired) electrons. The van der Waals surface area contributed by atoms with E-state index in [0.29, 0.717) is 30.6 Å². The molecule has 4 heteroatoms. The van der Waals surface area contributed by atoms with Crippen LogP contribution in [0.2, 0.25) is 0 Å². The average Bonchev–Trinajstić information content (AvgIpc) is 3.01. The lowest BCUT2D eigenvalue weighted by atomic mass is 9.45. The molecule has 0 aromatic rings. The van der Waals surface area contributed by atoms with E-state index in [1.807, 2.05) is 19.9 Å². The Morgan fingerprint density at radius 2 is 1.90 bits per heavy atom. The Kier molecular flexibility index (Phi) is 6.02. The first-order valence-electron chi connectivity index (χ1n) is 12.7. The van der Waals surface area contributed by atoms with Crippen molar-refractivity contribution in [3.05, 3.63) is 11.6 Å². The number of carbonyl (C=O) groups is 1. The molecule has 0 bridgehead atoms. The highest BCUT2D eigenvalue weighted by molar-refractivity contribution is 5.91. The summed E-state index contributed by atoms with van der Waals surface area (Å²) in [6.45, 7) is 10.7. The highest BCUT2D eigenvalue weighted by Crippen LogP contribution is 2.67. The lowest BCUT2D eigenvalue weighted by molar-refractivity contribution is -0.168. The molecule has 4 aliphatic rings. The lowest BCUT2D eigenvalue weighted by Crippen LogP contribution is -2.60. The van der Waals surface area contributed by atoms with E-state index in [1.54, 1.807) is 0 Å². The Balaban J connectivity index is 1.57. The molecule has 0 spiro atoms. The van der Waals surface area contributed by atoms with E-state index in [4.69, 9.17) is 0 Å². The zero-order valence-electron chi connectivity index (χ0n) is 20.2. The van der Waals surface area contributed by atoms with Gasteiger partial charge >= 0.3 is 0 Å². The number of aliphatic hydroxyl groups excluding tert-OH is 2. The Morgan fingerprint density at radius 3 is 2.58 bits per heavy atom. The summed E-state index contributed by atoms with van der Waals surface area (Å²) in [4.78, 5) is 12.1. The fourth-order valence-electron chi connectivity index (χ4n) is 8.52. The van der Waals surface area contributed by atoms with E-state index in [-0.39, 0.29) is 34.6 Å². The van der Waals surface area contributed by atoms with Gasteiger partial charge in [0.05, 0.1) is 17.8 Å². The summed E-state index contributed by atoms with van der Waals surface area (Å²) in [5.41, 5.74) is 0.297. The number of fused-ring (bicyclic) bond motifs is 5. The second-order valence-electron chi connectivity index (χ2n) is 12.6. The van der Waals surface area contributed by atoms with Crippen molar-refractivity contribution in [2.24, 2.45) is 40.4 Å². The summed E-state index contributed by atoms with van der Waals surface area (Å²) in [6.07, 6.45) is 8.96. The fraction of sp³-hybridized carbons (Fsp3) is 0.889. The summed E-state index contributed by atoms with van der Waals surface area (Å²) < 4.78 is 0. The summed E-state index contributed by atoms with van der Waals surface area (Å²) in [5.74, 6) is 1.97. The van der Waals surface area contributed by atoms with Crippen molar-refractivity contribution in [2.75, 3.05) is 0 Å². The number of rotatable bonds is 5. The second-order valence-corrected chi connectivity index (χ2v) is 12.6. The summed E-state index contributed by atoms with van der Waals surface area (Å²) >= 11 is 0. The van der Waals surface area contributed by atoms with Gasteiger partial charge in [-0.1, -0.05) is 39.2 Å². The van der Waals surface area contributed by atoms with Crippen LogP contribution < -0.4 is 0 Å². The smallest absolute Gasteiger partial charge is 0.155 e. The zero-order chi connectivity index (χ0) is 22.8. The van der Waals surface area contributed by atoms with Gasteiger partial charge < -0.3 is 15.3 Å². The standard InChI is InChI=1S/C27H44O4/c1-16(7-6-11-25(2,3)31)19-8-9-20-24-21(15-23(30)27(19,20)5)26(4)12-10-18(28)13-17(26)14-22(24)29/h13,16,19-24,29-31H,6-12,14-15H2,1-5H3/t16-,19-,20+,21+,22-,23+,24+,26+,27-/m1/s1. The highest BCUT2D eigenvalue weighted by Gasteiger charge is 2.64. The van der Waals surface area contributed by atoms with Gasteiger partial charge in [0, 0.05) is 6.42 Å². The van der Waals surface area contributed by atoms with Crippen LogP contribution in [0.1, 0.15) is 92.4 Å². The van der Waals surface area contributed by atoms with Gasteiger partial charge in [-0.15, -0.1) is 0 Å². The number of hydrogen-bond donors (Lipinski definition) is 3. The van der Waals surface area contributed by atoms with Gasteiger partial charge in [-0.05, 0) is 98.9 Å². The van der Waals surface area contributed by atoms with Crippen LogP contribution in [0, 0.1) is 40.4 Å². The predicted octanol–water partition coefficient (Wildman–Crippen LogP) is 4.65. The molecule has 0 aromatic carbocycles. The zero-order valence-corrected chi connectivity index (χ0v) is 20.2. The van der Waals surface area contributed by atoms with Crippen molar-refractivity contribution in [2.45, 2.75) is 110 Å². The van der Waals surface area contributed by atoms with Crippen LogP contribution in [0.4, 0.5) is 0 Å². The van der Waals surface area contributed by atoms with Crippen molar-refractivity contribution in [3.8, 4) is 0 Å². The van der Waals surface area contributed by atoms with Gasteiger partial charge in [0.1, 0.15) is 0 Å². The second kappa shape index (κ2) is 7.95. The Bertz CT molecular complexity index is 736. The van der Waals surface area contributed by atoms with Gasteiger partial charge in [-0.3, -0.25) is 4.79 Å². The van der Waals surface area contributed by atoms with E-state index in [0.717, 1.165) is 50.5 Å². The highest BCUT2D eigenvalue weighted by atomic mass is 16.3. The maximum atomic E-state index is 12.1. The lowest BCUT2D eigenvalue weighted by Gasteiger charge is -2.61. The maximum absolute atomic E-state index is 12.1. The molecule has 3 N–H and O–H groups in total. The molecule has 9 atom stereocenters. The van der Waals surface area contributed by atoms with Gasteiger partial charge in [-0.25, -0.2) is 0 Å². The minimum atomic E-state index is -0.617. The SMILES string of the molecule is C[C@H](CCCC(C)(C)O)[C@H]1CC[C@H]2[C@@H]3[C@H](O)CC4=CC(=O)CC[C@]4(C)[C@H]3C[C@H](O)[C@]12C. The van der Waals surface area contributed by atoms with Crippen molar-refractivity contribution >= 4 is 5.78 Å². The average molecular weight is 433 g/mol. The van der Waals surface area contributed by atoms with Crippen molar-refractivity contribution < 1.29 is 20.1 Å². The van der Waals surface area contributed by atoms with Crippen LogP contribution in [0.15, 0.2) is 11.6 Å². The minimum absolute atomic E-state index is 0.0590. The topological polar surface area (TPSA) is 77.8 Å². The molecule has 3 saturated carbocycles. The monoisotopic (exact) mass is 432 g/mol. The number of hydrogen-bond acceptors (Lipinski definition) is 4. The summed E-state index contributed by atoms with van der Waals surface area (Å²) in [7, 11) is 0. The molecule has 4 rings (SSSR count). The largest absolute Gasteiger partial charge is 0.393 e. The van der Waals surface area contributed by atoms with Crippen LogP contribution in [-0.2, 0) is 4.79 Å². The molecule has 0 saturated heterocycles. The molecule has 0 unspecified atom stereocenters.